The van der Waals surface area contributed by atoms with Gasteiger partial charge in [0.15, 0.2) is 0 Å². The van der Waals surface area contributed by atoms with Gasteiger partial charge in [-0.1, -0.05) is 54.6 Å². The van der Waals surface area contributed by atoms with Crippen LogP contribution in [0.15, 0.2) is 71.0 Å². The quantitative estimate of drug-likeness (QED) is 0.486. The number of unbranched alkanes of at least 4 members (excludes halogenated alkanes) is 1. The molecule has 0 fully saturated rings. The predicted molar refractivity (Wildman–Crippen MR) is 88.3 cm³/mol. The van der Waals surface area contributed by atoms with E-state index in [9.17, 15) is 0 Å². The van der Waals surface area contributed by atoms with Gasteiger partial charge in [-0.25, -0.2) is 0 Å². The van der Waals surface area contributed by atoms with Gasteiger partial charge in [-0.2, -0.15) is 10.2 Å². The molecule has 0 aliphatic carbocycles. The molecule has 4 nitrogen and oxygen atoms in total. The molecule has 2 aromatic carbocycles. The molecule has 0 radical (unpaired) electrons. The zero-order chi connectivity index (χ0) is 15.0. The second-order valence-corrected chi connectivity index (χ2v) is 5.16. The molecule has 0 saturated heterocycles. The van der Waals surface area contributed by atoms with Crippen molar-refractivity contribution >= 4 is 16.6 Å². The number of nitrogens with zero attached hydrogens (tertiary/aromatic N) is 4. The molecule has 1 heterocycles. The summed E-state index contributed by atoms with van der Waals surface area (Å²) >= 11 is 0. The minimum atomic E-state index is 0.598. The first-order valence-electron chi connectivity index (χ1n) is 7.55. The Hall–Kier alpha value is -2.62. The van der Waals surface area contributed by atoms with Crippen molar-refractivity contribution in [3.8, 4) is 0 Å². The predicted octanol–water partition coefficient (Wildman–Crippen LogP) is 4.74. The lowest BCUT2D eigenvalue weighted by molar-refractivity contribution is 0.727. The molecule has 0 amide bonds. The molecular formula is C18H18N4. The Morgan fingerprint density at radius 2 is 1.68 bits per heavy atom. The van der Waals surface area contributed by atoms with Crippen molar-refractivity contribution in [3.63, 3.8) is 0 Å². The number of azo groups is 1. The molecule has 0 bridgehead atoms. The fourth-order valence-corrected chi connectivity index (χ4v) is 2.36. The summed E-state index contributed by atoms with van der Waals surface area (Å²) in [7, 11) is 0. The number of benzene rings is 2. The van der Waals surface area contributed by atoms with Crippen LogP contribution in [0.4, 0.5) is 5.82 Å². The van der Waals surface area contributed by atoms with Crippen molar-refractivity contribution in [2.75, 3.05) is 6.54 Å². The third-order valence-electron chi connectivity index (χ3n) is 3.53. The standard InChI is InChI=1S/C18H18N4/c1-2-8-15(9-3-1)10-6-7-13-19-21-18-17-12-5-4-11-16(17)14-20-22-18/h1-5,8-9,11-12,14H,6-7,10,13H2. The first kappa shape index (κ1) is 14.3. The summed E-state index contributed by atoms with van der Waals surface area (Å²) in [4.78, 5) is 0. The molecule has 0 unspecified atom stereocenters. The first-order chi connectivity index (χ1) is 10.9. The zero-order valence-corrected chi connectivity index (χ0v) is 12.4. The fraction of sp³-hybridized carbons (Fsp3) is 0.222. The lowest BCUT2D eigenvalue weighted by atomic mass is 10.1. The van der Waals surface area contributed by atoms with Crippen molar-refractivity contribution in [2.24, 2.45) is 10.2 Å². The van der Waals surface area contributed by atoms with E-state index in [0.29, 0.717) is 5.82 Å². The summed E-state index contributed by atoms with van der Waals surface area (Å²) in [6.07, 6.45) is 4.97. The highest BCUT2D eigenvalue weighted by atomic mass is 15.2. The Kier molecular flexibility index (Phi) is 4.82. The number of hydrogen-bond donors (Lipinski definition) is 0. The van der Waals surface area contributed by atoms with E-state index in [4.69, 9.17) is 0 Å². The molecule has 0 atom stereocenters. The minimum Gasteiger partial charge on any atom is -0.187 e. The van der Waals surface area contributed by atoms with Crippen LogP contribution in [0.3, 0.4) is 0 Å². The van der Waals surface area contributed by atoms with E-state index < -0.39 is 0 Å². The number of hydrogen-bond acceptors (Lipinski definition) is 4. The van der Waals surface area contributed by atoms with E-state index in [1.165, 1.54) is 5.56 Å². The fourth-order valence-electron chi connectivity index (χ4n) is 2.36. The molecule has 110 valence electrons. The van der Waals surface area contributed by atoms with Gasteiger partial charge >= 0.3 is 0 Å². The number of rotatable bonds is 6. The van der Waals surface area contributed by atoms with E-state index in [2.05, 4.69) is 44.7 Å². The van der Waals surface area contributed by atoms with Crippen molar-refractivity contribution < 1.29 is 0 Å². The van der Waals surface area contributed by atoms with Crippen LogP contribution in [-0.2, 0) is 6.42 Å². The third kappa shape index (κ3) is 3.73. The molecule has 0 N–H and O–H groups in total. The summed E-state index contributed by atoms with van der Waals surface area (Å²) in [6.45, 7) is 0.720. The van der Waals surface area contributed by atoms with Crippen LogP contribution in [0.5, 0.6) is 0 Å². The highest BCUT2D eigenvalue weighted by molar-refractivity contribution is 5.89. The van der Waals surface area contributed by atoms with Crippen LogP contribution in [0.1, 0.15) is 18.4 Å². The lowest BCUT2D eigenvalue weighted by Gasteiger charge is -2.00. The summed E-state index contributed by atoms with van der Waals surface area (Å²) < 4.78 is 0. The monoisotopic (exact) mass is 290 g/mol. The van der Waals surface area contributed by atoms with E-state index in [1.54, 1.807) is 6.20 Å². The van der Waals surface area contributed by atoms with Gasteiger partial charge in [0.05, 0.1) is 12.7 Å². The maximum atomic E-state index is 4.25. The maximum Gasteiger partial charge on any atom is 0.203 e. The van der Waals surface area contributed by atoms with Gasteiger partial charge in [0.25, 0.3) is 0 Å². The molecule has 22 heavy (non-hydrogen) atoms. The third-order valence-corrected chi connectivity index (χ3v) is 3.53. The van der Waals surface area contributed by atoms with Crippen LogP contribution < -0.4 is 0 Å². The molecule has 3 aromatic rings. The molecule has 0 aliphatic heterocycles. The highest BCUT2D eigenvalue weighted by Gasteiger charge is 2.00. The Morgan fingerprint density at radius 1 is 0.864 bits per heavy atom. The van der Waals surface area contributed by atoms with Crippen LogP contribution in [0, 0.1) is 0 Å². The van der Waals surface area contributed by atoms with E-state index in [1.807, 2.05) is 30.3 Å². The van der Waals surface area contributed by atoms with Crippen molar-refractivity contribution in [1.29, 1.82) is 0 Å². The molecule has 0 aliphatic rings. The topological polar surface area (TPSA) is 50.5 Å². The van der Waals surface area contributed by atoms with E-state index in [0.717, 1.165) is 36.6 Å². The van der Waals surface area contributed by atoms with Gasteiger partial charge in [0, 0.05) is 10.8 Å². The summed E-state index contributed by atoms with van der Waals surface area (Å²) in [6, 6.07) is 18.5. The van der Waals surface area contributed by atoms with Crippen LogP contribution in [-0.4, -0.2) is 16.7 Å². The highest BCUT2D eigenvalue weighted by Crippen LogP contribution is 2.21. The number of aryl methyl sites for hydroxylation is 1. The SMILES string of the molecule is c1ccc(CCCCN=Nc2nncc3ccccc23)cc1. The van der Waals surface area contributed by atoms with Gasteiger partial charge < -0.3 is 0 Å². The second-order valence-electron chi connectivity index (χ2n) is 5.16. The van der Waals surface area contributed by atoms with E-state index >= 15 is 0 Å². The average Bonchev–Trinajstić information content (AvgIpc) is 2.59. The molecule has 3 rings (SSSR count). The summed E-state index contributed by atoms with van der Waals surface area (Å²) in [5.41, 5.74) is 1.37. The summed E-state index contributed by atoms with van der Waals surface area (Å²) in [5, 5.41) is 18.5. The minimum absolute atomic E-state index is 0.598. The Morgan fingerprint density at radius 3 is 2.59 bits per heavy atom. The first-order valence-corrected chi connectivity index (χ1v) is 7.55. The lowest BCUT2D eigenvalue weighted by Crippen LogP contribution is -1.87. The summed E-state index contributed by atoms with van der Waals surface area (Å²) in [5.74, 6) is 0.598. The normalized spacial score (nSPS) is 11.3. The van der Waals surface area contributed by atoms with Gasteiger partial charge in [-0.3, -0.25) is 0 Å². The molecule has 0 spiro atoms. The Balaban J connectivity index is 1.51. The molecular weight excluding hydrogens is 272 g/mol. The molecule has 4 heteroatoms. The van der Waals surface area contributed by atoms with E-state index in [-0.39, 0.29) is 0 Å². The van der Waals surface area contributed by atoms with Crippen LogP contribution in [0.25, 0.3) is 10.8 Å². The Bertz CT molecular complexity index is 748. The van der Waals surface area contributed by atoms with Gasteiger partial charge in [0.1, 0.15) is 0 Å². The molecule has 1 aromatic heterocycles. The van der Waals surface area contributed by atoms with Crippen molar-refractivity contribution in [2.45, 2.75) is 19.3 Å². The second kappa shape index (κ2) is 7.41. The molecule has 0 saturated carbocycles. The van der Waals surface area contributed by atoms with Crippen LogP contribution in [0.2, 0.25) is 0 Å². The van der Waals surface area contributed by atoms with Gasteiger partial charge in [-0.15, -0.1) is 10.2 Å². The maximum absolute atomic E-state index is 4.25. The van der Waals surface area contributed by atoms with Crippen LogP contribution >= 0.6 is 0 Å². The number of fused-ring (bicyclic) bond motifs is 1. The van der Waals surface area contributed by atoms with Gasteiger partial charge in [-0.05, 0) is 24.8 Å². The zero-order valence-electron chi connectivity index (χ0n) is 12.4. The average molecular weight is 290 g/mol. The number of aromatic nitrogens is 2. The Labute approximate surface area is 129 Å². The largest absolute Gasteiger partial charge is 0.203 e. The van der Waals surface area contributed by atoms with Crippen molar-refractivity contribution in [3.05, 3.63) is 66.4 Å². The van der Waals surface area contributed by atoms with Crippen molar-refractivity contribution in [1.82, 2.24) is 10.2 Å². The smallest absolute Gasteiger partial charge is 0.187 e. The van der Waals surface area contributed by atoms with Gasteiger partial charge in [0.2, 0.25) is 5.82 Å².